The summed E-state index contributed by atoms with van der Waals surface area (Å²) in [6.45, 7) is 4.93. The molecule has 3 heterocycles. The summed E-state index contributed by atoms with van der Waals surface area (Å²) in [5, 5.41) is 8.97. The first-order valence-corrected chi connectivity index (χ1v) is 6.45. The Kier molecular flexibility index (Phi) is 2.74. The van der Waals surface area contributed by atoms with E-state index in [4.69, 9.17) is 5.41 Å². The van der Waals surface area contributed by atoms with Crippen molar-refractivity contribution in [2.24, 2.45) is 0 Å². The molecule has 2 aromatic heterocycles. The zero-order valence-electron chi connectivity index (χ0n) is 10.6. The second-order valence-electron chi connectivity index (χ2n) is 4.59. The molecule has 1 aliphatic heterocycles. The molecule has 0 saturated carbocycles. The van der Waals surface area contributed by atoms with Crippen molar-refractivity contribution in [3.63, 3.8) is 0 Å². The zero-order chi connectivity index (χ0) is 12.5. The largest absolute Gasteiger partial charge is 0.356 e. The molecular formula is C13H17N5. The molecular weight excluding hydrogens is 226 g/mol. The van der Waals surface area contributed by atoms with E-state index in [1.165, 1.54) is 12.8 Å². The number of hydrogen-bond acceptors (Lipinski definition) is 4. The first-order chi connectivity index (χ1) is 8.81. The van der Waals surface area contributed by atoms with Crippen LogP contribution in [0.2, 0.25) is 0 Å². The third-order valence-corrected chi connectivity index (χ3v) is 3.52. The van der Waals surface area contributed by atoms with Crippen LogP contribution in [0.4, 0.5) is 5.82 Å². The fourth-order valence-electron chi connectivity index (χ4n) is 2.61. The molecule has 0 spiro atoms. The van der Waals surface area contributed by atoms with Gasteiger partial charge in [-0.15, -0.1) is 0 Å². The number of aromatic nitrogens is 3. The highest BCUT2D eigenvalue weighted by atomic mass is 15.2. The Morgan fingerprint density at radius 2 is 2.00 bits per heavy atom. The summed E-state index contributed by atoms with van der Waals surface area (Å²) in [5.74, 6) is 1.01. The number of fused-ring (bicyclic) bond motifs is 1. The van der Waals surface area contributed by atoms with Crippen LogP contribution >= 0.6 is 0 Å². The van der Waals surface area contributed by atoms with Gasteiger partial charge < -0.3 is 9.47 Å². The van der Waals surface area contributed by atoms with Gasteiger partial charge in [0.05, 0.1) is 5.39 Å². The zero-order valence-corrected chi connectivity index (χ0v) is 10.6. The van der Waals surface area contributed by atoms with Crippen LogP contribution in [0.3, 0.4) is 0 Å². The van der Waals surface area contributed by atoms with Crippen molar-refractivity contribution < 1.29 is 0 Å². The van der Waals surface area contributed by atoms with Crippen LogP contribution in [-0.2, 0) is 6.54 Å². The van der Waals surface area contributed by atoms with Gasteiger partial charge in [0.1, 0.15) is 23.3 Å². The van der Waals surface area contributed by atoms with E-state index >= 15 is 0 Å². The monoisotopic (exact) mass is 243 g/mol. The summed E-state index contributed by atoms with van der Waals surface area (Å²) in [5.41, 5.74) is 1.36. The minimum atomic E-state index is 0.496. The highest BCUT2D eigenvalue weighted by Crippen LogP contribution is 2.24. The lowest BCUT2D eigenvalue weighted by molar-refractivity contribution is 0.722. The standard InChI is InChI=1S/C13H17N5/c1-2-18-11(14)6-5-10-12(15-9-16-13(10)18)17-7-3-4-8-17/h5-6,9,14H,2-4,7-8H2,1H3. The van der Waals surface area contributed by atoms with Crippen LogP contribution in [0.25, 0.3) is 11.0 Å². The van der Waals surface area contributed by atoms with Gasteiger partial charge in [-0.05, 0) is 31.9 Å². The summed E-state index contributed by atoms with van der Waals surface area (Å²) < 4.78 is 1.91. The smallest absolute Gasteiger partial charge is 0.147 e. The molecule has 1 saturated heterocycles. The van der Waals surface area contributed by atoms with Crippen molar-refractivity contribution in [1.29, 1.82) is 5.41 Å². The fourth-order valence-corrected chi connectivity index (χ4v) is 2.61. The van der Waals surface area contributed by atoms with E-state index in [2.05, 4.69) is 14.9 Å². The number of nitrogens with zero attached hydrogens (tertiary/aromatic N) is 4. The highest BCUT2D eigenvalue weighted by Gasteiger charge is 2.17. The molecule has 1 fully saturated rings. The van der Waals surface area contributed by atoms with E-state index in [-0.39, 0.29) is 0 Å². The number of anilines is 1. The molecule has 94 valence electrons. The minimum Gasteiger partial charge on any atom is -0.356 e. The van der Waals surface area contributed by atoms with E-state index in [1.807, 2.05) is 23.6 Å². The Bertz CT molecular complexity index is 625. The average Bonchev–Trinajstić information content (AvgIpc) is 2.91. The quantitative estimate of drug-likeness (QED) is 0.870. The van der Waals surface area contributed by atoms with Crippen molar-refractivity contribution in [1.82, 2.24) is 14.5 Å². The lowest BCUT2D eigenvalue weighted by Gasteiger charge is -2.19. The van der Waals surface area contributed by atoms with Crippen molar-refractivity contribution in [2.45, 2.75) is 26.3 Å². The molecule has 5 nitrogen and oxygen atoms in total. The molecule has 0 amide bonds. The molecule has 2 aromatic rings. The van der Waals surface area contributed by atoms with Gasteiger partial charge >= 0.3 is 0 Å². The van der Waals surface area contributed by atoms with Crippen LogP contribution in [0, 0.1) is 5.41 Å². The molecule has 3 rings (SSSR count). The van der Waals surface area contributed by atoms with Gasteiger partial charge in [0.2, 0.25) is 0 Å². The second-order valence-corrected chi connectivity index (χ2v) is 4.59. The topological polar surface area (TPSA) is 57.8 Å². The van der Waals surface area contributed by atoms with Crippen molar-refractivity contribution in [3.05, 3.63) is 23.9 Å². The Morgan fingerprint density at radius 1 is 1.22 bits per heavy atom. The first-order valence-electron chi connectivity index (χ1n) is 6.45. The Balaban J connectivity index is 2.25. The SMILES string of the molecule is CCn1c(=N)ccc2c(N3CCCC3)ncnc21. The first kappa shape index (κ1) is 11.2. The maximum atomic E-state index is 7.92. The van der Waals surface area contributed by atoms with Crippen molar-refractivity contribution in [2.75, 3.05) is 18.0 Å². The van der Waals surface area contributed by atoms with Crippen LogP contribution in [0.1, 0.15) is 19.8 Å². The van der Waals surface area contributed by atoms with E-state index in [9.17, 15) is 0 Å². The molecule has 0 aliphatic carbocycles. The van der Waals surface area contributed by atoms with Crippen LogP contribution in [0.15, 0.2) is 18.5 Å². The predicted molar refractivity (Wildman–Crippen MR) is 70.5 cm³/mol. The predicted octanol–water partition coefficient (Wildman–Crippen LogP) is 1.53. The van der Waals surface area contributed by atoms with Gasteiger partial charge in [0.25, 0.3) is 0 Å². The molecule has 0 atom stereocenters. The summed E-state index contributed by atoms with van der Waals surface area (Å²) >= 11 is 0. The number of hydrogen-bond donors (Lipinski definition) is 1. The van der Waals surface area contributed by atoms with Gasteiger partial charge in [-0.3, -0.25) is 5.41 Å². The number of rotatable bonds is 2. The van der Waals surface area contributed by atoms with Gasteiger partial charge in [-0.2, -0.15) is 0 Å². The summed E-state index contributed by atoms with van der Waals surface area (Å²) in [4.78, 5) is 11.1. The molecule has 1 N–H and O–H groups in total. The summed E-state index contributed by atoms with van der Waals surface area (Å²) in [7, 11) is 0. The molecule has 0 radical (unpaired) electrons. The normalized spacial score (nSPS) is 15.5. The molecule has 5 heteroatoms. The van der Waals surface area contributed by atoms with E-state index in [0.29, 0.717) is 5.49 Å². The third-order valence-electron chi connectivity index (χ3n) is 3.52. The molecule has 18 heavy (non-hydrogen) atoms. The van der Waals surface area contributed by atoms with E-state index < -0.39 is 0 Å². The molecule has 0 unspecified atom stereocenters. The fraction of sp³-hybridized carbons (Fsp3) is 0.462. The van der Waals surface area contributed by atoms with E-state index in [1.54, 1.807) is 6.33 Å². The van der Waals surface area contributed by atoms with Crippen LogP contribution in [0.5, 0.6) is 0 Å². The maximum absolute atomic E-state index is 7.92. The number of aryl methyl sites for hydroxylation is 1. The average molecular weight is 243 g/mol. The molecule has 0 bridgehead atoms. The number of nitrogens with one attached hydrogen (secondary N) is 1. The Labute approximate surface area is 106 Å². The number of pyridine rings is 1. The van der Waals surface area contributed by atoms with Crippen LogP contribution in [-0.4, -0.2) is 27.6 Å². The lowest BCUT2D eigenvalue weighted by atomic mass is 10.3. The third kappa shape index (κ3) is 1.66. The molecule has 0 aromatic carbocycles. The lowest BCUT2D eigenvalue weighted by Crippen LogP contribution is -2.23. The summed E-state index contributed by atoms with van der Waals surface area (Å²) in [6, 6.07) is 3.80. The second kappa shape index (κ2) is 4.40. The maximum Gasteiger partial charge on any atom is 0.147 e. The minimum absolute atomic E-state index is 0.496. The van der Waals surface area contributed by atoms with Gasteiger partial charge in [-0.25, -0.2) is 9.97 Å². The Morgan fingerprint density at radius 3 is 2.72 bits per heavy atom. The molecule has 1 aliphatic rings. The summed E-state index contributed by atoms with van der Waals surface area (Å²) in [6.07, 6.45) is 4.08. The highest BCUT2D eigenvalue weighted by molar-refractivity contribution is 5.87. The van der Waals surface area contributed by atoms with E-state index in [0.717, 1.165) is 36.5 Å². The van der Waals surface area contributed by atoms with Crippen molar-refractivity contribution in [3.8, 4) is 0 Å². The van der Waals surface area contributed by atoms with Crippen LogP contribution < -0.4 is 10.4 Å². The van der Waals surface area contributed by atoms with Gasteiger partial charge in [0.15, 0.2) is 0 Å². The van der Waals surface area contributed by atoms with Gasteiger partial charge in [-0.1, -0.05) is 0 Å². The van der Waals surface area contributed by atoms with Crippen molar-refractivity contribution >= 4 is 16.9 Å². The Hall–Kier alpha value is -1.91. The van der Waals surface area contributed by atoms with Gasteiger partial charge in [0, 0.05) is 19.6 Å².